The summed E-state index contributed by atoms with van der Waals surface area (Å²) in [7, 11) is 0. The molecule has 4 nitrogen and oxygen atoms in total. The topological polar surface area (TPSA) is 70.2 Å². The third kappa shape index (κ3) is 1.79. The molecule has 0 fully saturated rings. The quantitative estimate of drug-likeness (QED) is 0.683. The standard InChI is InChI=1S/C11H13NO3/c13-10-7-4-2-1-3-5-9(7)12-6-8(10)11(14)15/h6H,1-5H2,(H,12,13)(H,14,15). The summed E-state index contributed by atoms with van der Waals surface area (Å²) in [5, 5.41) is 8.82. The van der Waals surface area contributed by atoms with Crippen molar-refractivity contribution in [3.8, 4) is 0 Å². The molecule has 1 aliphatic carbocycles. The highest BCUT2D eigenvalue weighted by molar-refractivity contribution is 5.87. The number of H-pyrrole nitrogens is 1. The maximum atomic E-state index is 11.8. The SMILES string of the molecule is O=C(O)c1c[nH]c2c(c1=O)CCCCC2. The Hall–Kier alpha value is -1.58. The van der Waals surface area contributed by atoms with Crippen LogP contribution in [0.4, 0.5) is 0 Å². The van der Waals surface area contributed by atoms with Gasteiger partial charge in [0.15, 0.2) is 5.43 Å². The largest absolute Gasteiger partial charge is 0.477 e. The van der Waals surface area contributed by atoms with Crippen LogP contribution in [0.25, 0.3) is 0 Å². The number of aromatic nitrogens is 1. The maximum absolute atomic E-state index is 11.8. The van der Waals surface area contributed by atoms with Crippen molar-refractivity contribution in [3.63, 3.8) is 0 Å². The van der Waals surface area contributed by atoms with Gasteiger partial charge in [0.25, 0.3) is 0 Å². The lowest BCUT2D eigenvalue weighted by molar-refractivity contribution is 0.0695. The highest BCUT2D eigenvalue weighted by Gasteiger charge is 2.17. The number of hydrogen-bond donors (Lipinski definition) is 2. The van der Waals surface area contributed by atoms with Gasteiger partial charge in [-0.15, -0.1) is 0 Å². The van der Waals surface area contributed by atoms with Crippen molar-refractivity contribution in [2.45, 2.75) is 32.1 Å². The third-order valence-corrected chi connectivity index (χ3v) is 2.86. The van der Waals surface area contributed by atoms with E-state index >= 15 is 0 Å². The molecule has 0 aliphatic heterocycles. The summed E-state index contributed by atoms with van der Waals surface area (Å²) < 4.78 is 0. The average molecular weight is 207 g/mol. The van der Waals surface area contributed by atoms with Crippen molar-refractivity contribution in [1.29, 1.82) is 0 Å². The number of carbonyl (C=O) groups is 1. The van der Waals surface area contributed by atoms with Crippen LogP contribution in [0.3, 0.4) is 0 Å². The Morgan fingerprint density at radius 1 is 1.27 bits per heavy atom. The predicted octanol–water partition coefficient (Wildman–Crippen LogP) is 1.34. The van der Waals surface area contributed by atoms with Gasteiger partial charge >= 0.3 is 5.97 Å². The first-order valence-electron chi connectivity index (χ1n) is 5.17. The third-order valence-electron chi connectivity index (χ3n) is 2.86. The summed E-state index contributed by atoms with van der Waals surface area (Å²) in [4.78, 5) is 25.5. The van der Waals surface area contributed by atoms with E-state index in [0.717, 1.165) is 31.4 Å². The second-order valence-electron chi connectivity index (χ2n) is 3.85. The molecular weight excluding hydrogens is 194 g/mol. The van der Waals surface area contributed by atoms with Crippen LogP contribution in [0.5, 0.6) is 0 Å². The van der Waals surface area contributed by atoms with Gasteiger partial charge in [0.05, 0.1) is 0 Å². The van der Waals surface area contributed by atoms with E-state index in [4.69, 9.17) is 5.11 Å². The van der Waals surface area contributed by atoms with Gasteiger partial charge in [-0.25, -0.2) is 4.79 Å². The number of nitrogens with one attached hydrogen (secondary N) is 1. The lowest BCUT2D eigenvalue weighted by Gasteiger charge is -2.05. The van der Waals surface area contributed by atoms with E-state index in [0.29, 0.717) is 12.0 Å². The summed E-state index contributed by atoms with van der Waals surface area (Å²) in [5.74, 6) is -1.15. The zero-order valence-electron chi connectivity index (χ0n) is 8.38. The lowest BCUT2D eigenvalue weighted by Crippen LogP contribution is -2.21. The van der Waals surface area contributed by atoms with E-state index in [1.807, 2.05) is 0 Å². The van der Waals surface area contributed by atoms with Crippen molar-refractivity contribution in [1.82, 2.24) is 4.98 Å². The number of hydrogen-bond acceptors (Lipinski definition) is 2. The fourth-order valence-corrected chi connectivity index (χ4v) is 2.04. The van der Waals surface area contributed by atoms with Crippen LogP contribution in [0.15, 0.2) is 11.0 Å². The molecule has 0 atom stereocenters. The Morgan fingerprint density at radius 2 is 2.00 bits per heavy atom. The van der Waals surface area contributed by atoms with Crippen LogP contribution in [0.2, 0.25) is 0 Å². The predicted molar refractivity (Wildman–Crippen MR) is 55.3 cm³/mol. The van der Waals surface area contributed by atoms with Gasteiger partial charge in [-0.3, -0.25) is 4.79 Å². The fourth-order valence-electron chi connectivity index (χ4n) is 2.04. The molecule has 0 saturated carbocycles. The molecule has 0 unspecified atom stereocenters. The Labute approximate surface area is 87.0 Å². The minimum Gasteiger partial charge on any atom is -0.477 e. The maximum Gasteiger partial charge on any atom is 0.341 e. The Bertz CT molecular complexity index is 448. The smallest absolute Gasteiger partial charge is 0.341 e. The number of rotatable bonds is 1. The molecule has 1 aromatic rings. The van der Waals surface area contributed by atoms with Crippen LogP contribution in [0, 0.1) is 0 Å². The van der Waals surface area contributed by atoms with E-state index < -0.39 is 5.97 Å². The van der Waals surface area contributed by atoms with E-state index in [1.54, 1.807) is 0 Å². The molecule has 1 heterocycles. The monoisotopic (exact) mass is 207 g/mol. The van der Waals surface area contributed by atoms with Gasteiger partial charge in [-0.2, -0.15) is 0 Å². The molecule has 0 bridgehead atoms. The first-order chi connectivity index (χ1) is 7.20. The number of aromatic amines is 1. The first-order valence-corrected chi connectivity index (χ1v) is 5.17. The number of pyridine rings is 1. The molecule has 1 aromatic heterocycles. The molecule has 0 spiro atoms. The zero-order valence-corrected chi connectivity index (χ0v) is 8.38. The van der Waals surface area contributed by atoms with Gasteiger partial charge in [-0.05, 0) is 25.7 Å². The molecule has 4 heteroatoms. The minimum absolute atomic E-state index is 0.143. The molecule has 0 aromatic carbocycles. The number of carboxylic acids is 1. The Balaban J connectivity index is 2.56. The zero-order chi connectivity index (χ0) is 10.8. The lowest BCUT2D eigenvalue weighted by atomic mass is 10.1. The summed E-state index contributed by atoms with van der Waals surface area (Å²) in [6.45, 7) is 0. The second kappa shape index (κ2) is 3.88. The number of aromatic carboxylic acids is 1. The molecule has 2 N–H and O–H groups in total. The van der Waals surface area contributed by atoms with Crippen molar-refractivity contribution < 1.29 is 9.90 Å². The van der Waals surface area contributed by atoms with Crippen LogP contribution in [-0.2, 0) is 12.8 Å². The Kier molecular flexibility index (Phi) is 2.58. The molecule has 0 saturated heterocycles. The van der Waals surface area contributed by atoms with Gasteiger partial charge in [0, 0.05) is 17.5 Å². The van der Waals surface area contributed by atoms with E-state index in [2.05, 4.69) is 4.98 Å². The summed E-state index contributed by atoms with van der Waals surface area (Å²) in [6.07, 6.45) is 6.00. The van der Waals surface area contributed by atoms with Crippen molar-refractivity contribution in [2.24, 2.45) is 0 Å². The molecule has 2 rings (SSSR count). The Morgan fingerprint density at radius 3 is 2.73 bits per heavy atom. The number of fused-ring (bicyclic) bond motifs is 1. The highest BCUT2D eigenvalue weighted by Crippen LogP contribution is 2.16. The van der Waals surface area contributed by atoms with Gasteiger partial charge in [-0.1, -0.05) is 6.42 Å². The molecular formula is C11H13NO3. The van der Waals surface area contributed by atoms with Crippen LogP contribution < -0.4 is 5.43 Å². The van der Waals surface area contributed by atoms with Crippen molar-refractivity contribution in [2.75, 3.05) is 0 Å². The molecule has 0 radical (unpaired) electrons. The van der Waals surface area contributed by atoms with Crippen molar-refractivity contribution >= 4 is 5.97 Å². The fraction of sp³-hybridized carbons (Fsp3) is 0.455. The van der Waals surface area contributed by atoms with Crippen molar-refractivity contribution in [3.05, 3.63) is 33.2 Å². The summed E-state index contributed by atoms with van der Waals surface area (Å²) in [6, 6.07) is 0. The number of aryl methyl sites for hydroxylation is 1. The van der Waals surface area contributed by atoms with Crippen LogP contribution in [-0.4, -0.2) is 16.1 Å². The van der Waals surface area contributed by atoms with E-state index in [9.17, 15) is 9.59 Å². The van der Waals surface area contributed by atoms with Crippen LogP contribution >= 0.6 is 0 Å². The van der Waals surface area contributed by atoms with Crippen LogP contribution in [0.1, 0.15) is 40.9 Å². The van der Waals surface area contributed by atoms with Gasteiger partial charge in [0.1, 0.15) is 5.56 Å². The first kappa shape index (κ1) is 9.96. The molecule has 1 aliphatic rings. The molecule has 80 valence electrons. The second-order valence-corrected chi connectivity index (χ2v) is 3.85. The minimum atomic E-state index is -1.15. The number of carboxylic acid groups (broad SMARTS) is 1. The molecule has 0 amide bonds. The highest BCUT2D eigenvalue weighted by atomic mass is 16.4. The van der Waals surface area contributed by atoms with E-state index in [-0.39, 0.29) is 11.0 Å². The van der Waals surface area contributed by atoms with Gasteiger partial charge < -0.3 is 10.1 Å². The summed E-state index contributed by atoms with van der Waals surface area (Å²) in [5.41, 5.74) is 1.14. The van der Waals surface area contributed by atoms with Gasteiger partial charge in [0.2, 0.25) is 0 Å². The normalized spacial score (nSPS) is 15.5. The summed E-state index contributed by atoms with van der Waals surface area (Å²) >= 11 is 0. The molecule has 15 heavy (non-hydrogen) atoms. The average Bonchev–Trinajstić information content (AvgIpc) is 2.43. The van der Waals surface area contributed by atoms with E-state index in [1.165, 1.54) is 6.20 Å².